The maximum atomic E-state index is 13.6. The minimum atomic E-state index is -0.745. The van der Waals surface area contributed by atoms with E-state index in [1.165, 1.54) is 4.68 Å². The fourth-order valence-corrected chi connectivity index (χ4v) is 2.33. The van der Waals surface area contributed by atoms with Crippen LogP contribution >= 0.6 is 11.6 Å². The molecule has 2 rings (SSSR count). The Bertz CT molecular complexity index is 667. The van der Waals surface area contributed by atoms with Crippen LogP contribution in [0.25, 0.3) is 0 Å². The van der Waals surface area contributed by atoms with E-state index in [0.717, 1.165) is 18.2 Å². The molecule has 0 aliphatic heterocycles. The van der Waals surface area contributed by atoms with Crippen LogP contribution in [-0.4, -0.2) is 15.6 Å². The molecule has 0 fully saturated rings. The Kier molecular flexibility index (Phi) is 4.18. The van der Waals surface area contributed by atoms with Crippen LogP contribution < -0.4 is 0 Å². The molecule has 20 heavy (non-hydrogen) atoms. The molecule has 3 nitrogen and oxygen atoms in total. The van der Waals surface area contributed by atoms with Gasteiger partial charge in [-0.1, -0.05) is 18.5 Å². The summed E-state index contributed by atoms with van der Waals surface area (Å²) in [6, 6.07) is 2.80. The van der Waals surface area contributed by atoms with Gasteiger partial charge in [-0.25, -0.2) is 8.78 Å². The fraction of sp³-hybridized carbons (Fsp3) is 0.286. The maximum absolute atomic E-state index is 13.6. The van der Waals surface area contributed by atoms with Crippen molar-refractivity contribution in [2.75, 3.05) is 0 Å². The summed E-state index contributed by atoms with van der Waals surface area (Å²) in [6.07, 6.45) is 0.512. The number of aryl methyl sites for hydroxylation is 2. The van der Waals surface area contributed by atoms with Crippen molar-refractivity contribution in [3.63, 3.8) is 0 Å². The highest BCUT2D eigenvalue weighted by atomic mass is 35.5. The van der Waals surface area contributed by atoms with Gasteiger partial charge in [0.25, 0.3) is 0 Å². The lowest BCUT2D eigenvalue weighted by Gasteiger charge is -2.04. The summed E-state index contributed by atoms with van der Waals surface area (Å²) < 4.78 is 28.1. The van der Waals surface area contributed by atoms with E-state index in [1.807, 2.05) is 6.92 Å². The van der Waals surface area contributed by atoms with Gasteiger partial charge in [0, 0.05) is 7.05 Å². The van der Waals surface area contributed by atoms with E-state index in [4.69, 9.17) is 11.6 Å². The SMILES string of the molecule is CCc1nn(C)c(CC(=O)c2cc(F)ccc2F)c1Cl. The van der Waals surface area contributed by atoms with Gasteiger partial charge in [-0.3, -0.25) is 9.48 Å². The summed E-state index contributed by atoms with van der Waals surface area (Å²) >= 11 is 6.13. The first-order chi connectivity index (χ1) is 9.43. The van der Waals surface area contributed by atoms with E-state index >= 15 is 0 Å². The molecule has 2 aromatic rings. The van der Waals surface area contributed by atoms with Crippen LogP contribution in [0.3, 0.4) is 0 Å². The predicted molar refractivity (Wildman–Crippen MR) is 72.0 cm³/mol. The molecule has 0 radical (unpaired) electrons. The first kappa shape index (κ1) is 14.7. The largest absolute Gasteiger partial charge is 0.294 e. The second kappa shape index (κ2) is 5.71. The van der Waals surface area contributed by atoms with Crippen LogP contribution in [0, 0.1) is 11.6 Å². The minimum Gasteiger partial charge on any atom is -0.294 e. The lowest BCUT2D eigenvalue weighted by Crippen LogP contribution is -2.10. The van der Waals surface area contributed by atoms with Crippen molar-refractivity contribution < 1.29 is 13.6 Å². The quantitative estimate of drug-likeness (QED) is 0.812. The number of ketones is 1. The molecule has 106 valence electrons. The number of aromatic nitrogens is 2. The zero-order valence-electron chi connectivity index (χ0n) is 11.1. The van der Waals surface area contributed by atoms with Crippen molar-refractivity contribution >= 4 is 17.4 Å². The average Bonchev–Trinajstić information content (AvgIpc) is 2.68. The lowest BCUT2D eigenvalue weighted by molar-refractivity contribution is 0.0986. The van der Waals surface area contributed by atoms with Crippen molar-refractivity contribution in [2.24, 2.45) is 7.05 Å². The van der Waals surface area contributed by atoms with Crippen molar-refractivity contribution in [3.05, 3.63) is 51.8 Å². The van der Waals surface area contributed by atoms with E-state index < -0.39 is 17.4 Å². The Balaban J connectivity index is 2.33. The molecule has 0 saturated heterocycles. The summed E-state index contributed by atoms with van der Waals surface area (Å²) in [7, 11) is 1.66. The highest BCUT2D eigenvalue weighted by Gasteiger charge is 2.19. The number of Topliss-reactive ketones (excluding diaryl/α,β-unsaturated/α-hetero) is 1. The smallest absolute Gasteiger partial charge is 0.171 e. The van der Waals surface area contributed by atoms with Crippen LogP contribution in [0.1, 0.15) is 28.7 Å². The summed E-state index contributed by atoms with van der Waals surface area (Å²) in [5, 5.41) is 4.58. The number of carbonyl (C=O) groups excluding carboxylic acids is 1. The molecule has 0 atom stereocenters. The van der Waals surface area contributed by atoms with E-state index in [-0.39, 0.29) is 12.0 Å². The van der Waals surface area contributed by atoms with Gasteiger partial charge in [0.2, 0.25) is 0 Å². The number of rotatable bonds is 4. The zero-order valence-corrected chi connectivity index (χ0v) is 11.8. The standard InChI is InChI=1S/C14H13ClF2N2O/c1-3-11-14(15)12(19(2)18-11)7-13(20)9-6-8(16)4-5-10(9)17/h4-6H,3,7H2,1-2H3. The van der Waals surface area contributed by atoms with E-state index in [2.05, 4.69) is 5.10 Å². The van der Waals surface area contributed by atoms with E-state index in [1.54, 1.807) is 7.05 Å². The first-order valence-electron chi connectivity index (χ1n) is 6.12. The molecular formula is C14H13ClF2N2O. The Hall–Kier alpha value is -1.75. The van der Waals surface area contributed by atoms with Gasteiger partial charge in [0.05, 0.1) is 28.4 Å². The van der Waals surface area contributed by atoms with Gasteiger partial charge < -0.3 is 0 Å². The molecule has 0 aliphatic carbocycles. The van der Waals surface area contributed by atoms with Crippen molar-refractivity contribution in [2.45, 2.75) is 19.8 Å². The van der Waals surface area contributed by atoms with Crippen LogP contribution in [0.4, 0.5) is 8.78 Å². The number of halogens is 3. The van der Waals surface area contributed by atoms with E-state index in [0.29, 0.717) is 22.8 Å². The minimum absolute atomic E-state index is 0.122. The number of carbonyl (C=O) groups is 1. The Morgan fingerprint density at radius 3 is 2.70 bits per heavy atom. The van der Waals surface area contributed by atoms with Gasteiger partial charge in [-0.15, -0.1) is 0 Å². The molecule has 1 aromatic heterocycles. The normalized spacial score (nSPS) is 10.8. The summed E-state index contributed by atoms with van der Waals surface area (Å²) in [5.74, 6) is -1.93. The highest BCUT2D eigenvalue weighted by molar-refractivity contribution is 6.32. The molecule has 0 saturated carbocycles. The number of hydrogen-bond acceptors (Lipinski definition) is 2. The van der Waals surface area contributed by atoms with Gasteiger partial charge in [0.1, 0.15) is 11.6 Å². The summed E-state index contributed by atoms with van der Waals surface area (Å²) in [4.78, 5) is 12.1. The van der Waals surface area contributed by atoms with Crippen LogP contribution in [0.2, 0.25) is 5.02 Å². The number of benzene rings is 1. The van der Waals surface area contributed by atoms with Crippen molar-refractivity contribution in [1.29, 1.82) is 0 Å². The highest BCUT2D eigenvalue weighted by Crippen LogP contribution is 2.23. The predicted octanol–water partition coefficient (Wildman–Crippen LogP) is 3.34. The summed E-state index contributed by atoms with van der Waals surface area (Å²) in [6.45, 7) is 1.89. The third-order valence-corrected chi connectivity index (χ3v) is 3.50. The third kappa shape index (κ3) is 2.72. The van der Waals surface area contributed by atoms with Gasteiger partial charge in [-0.05, 0) is 24.6 Å². The van der Waals surface area contributed by atoms with Crippen LogP contribution in [0.5, 0.6) is 0 Å². The van der Waals surface area contributed by atoms with Crippen molar-refractivity contribution in [3.8, 4) is 0 Å². The second-order valence-corrected chi connectivity index (χ2v) is 4.79. The second-order valence-electron chi connectivity index (χ2n) is 4.41. The molecule has 0 amide bonds. The fourth-order valence-electron chi connectivity index (χ4n) is 1.97. The average molecular weight is 299 g/mol. The van der Waals surface area contributed by atoms with E-state index in [9.17, 15) is 13.6 Å². The maximum Gasteiger partial charge on any atom is 0.171 e. The monoisotopic (exact) mass is 298 g/mol. The van der Waals surface area contributed by atoms with Crippen LogP contribution in [-0.2, 0) is 19.9 Å². The number of nitrogens with zero attached hydrogens (tertiary/aromatic N) is 2. The van der Waals surface area contributed by atoms with Crippen molar-refractivity contribution in [1.82, 2.24) is 9.78 Å². The molecule has 1 aromatic carbocycles. The Morgan fingerprint density at radius 2 is 2.10 bits per heavy atom. The molecule has 0 bridgehead atoms. The first-order valence-corrected chi connectivity index (χ1v) is 6.50. The molecular weight excluding hydrogens is 286 g/mol. The molecule has 1 heterocycles. The van der Waals surface area contributed by atoms with Crippen LogP contribution in [0.15, 0.2) is 18.2 Å². The zero-order chi connectivity index (χ0) is 14.9. The molecule has 0 unspecified atom stereocenters. The Labute approximate surface area is 120 Å². The molecule has 0 spiro atoms. The molecule has 0 N–H and O–H groups in total. The third-order valence-electron chi connectivity index (χ3n) is 3.06. The topological polar surface area (TPSA) is 34.9 Å². The number of hydrogen-bond donors (Lipinski definition) is 0. The Morgan fingerprint density at radius 1 is 1.40 bits per heavy atom. The summed E-state index contributed by atoms with van der Waals surface area (Å²) in [5.41, 5.74) is 0.897. The van der Waals surface area contributed by atoms with Gasteiger partial charge in [0.15, 0.2) is 5.78 Å². The van der Waals surface area contributed by atoms with Gasteiger partial charge >= 0.3 is 0 Å². The lowest BCUT2D eigenvalue weighted by atomic mass is 10.1. The molecule has 6 heteroatoms. The van der Waals surface area contributed by atoms with Gasteiger partial charge in [-0.2, -0.15) is 5.10 Å². The molecule has 0 aliphatic rings.